The van der Waals surface area contributed by atoms with Gasteiger partial charge in [0.2, 0.25) is 0 Å². The van der Waals surface area contributed by atoms with Crippen LogP contribution in [-0.4, -0.2) is 22.0 Å². The zero-order chi connectivity index (χ0) is 8.28. The zero-order valence-electron chi connectivity index (χ0n) is 4.75. The van der Waals surface area contributed by atoms with E-state index in [-0.39, 0.29) is 0 Å². The zero-order valence-corrected chi connectivity index (χ0v) is 6.76. The minimum atomic E-state index is -5.30. The Balaban J connectivity index is 8.85. The van der Waals surface area contributed by atoms with E-state index in [1.807, 2.05) is 0 Å². The van der Waals surface area contributed by atoms with Gasteiger partial charge < -0.3 is 0 Å². The van der Waals surface area contributed by atoms with Crippen molar-refractivity contribution in [2.75, 3.05) is 0 Å². The second-order valence-corrected chi connectivity index (χ2v) is 9.01. The summed E-state index contributed by atoms with van der Waals surface area (Å²) in [6.07, 6.45) is 0. The number of hydrogen-bond acceptors (Lipinski definition) is 4. The van der Waals surface area contributed by atoms with Crippen molar-refractivity contribution in [1.29, 1.82) is 0 Å². The fraction of sp³-hybridized carbons (Fsp3) is 0. The molecule has 0 heterocycles. The third-order valence-electron chi connectivity index (χ3n) is 0.736. The van der Waals surface area contributed by atoms with Gasteiger partial charge in [-0.25, -0.2) is 0 Å². The standard InChI is InChI=1S/4CO.CH2.Mo/c4*1-2;;/h;;;;1H2;. The van der Waals surface area contributed by atoms with Gasteiger partial charge in [-0.2, -0.15) is 0 Å². The van der Waals surface area contributed by atoms with Gasteiger partial charge in [0.15, 0.2) is 0 Å². The Morgan fingerprint density at radius 3 is 1.00 bits per heavy atom. The quantitative estimate of drug-likeness (QED) is 0.462. The van der Waals surface area contributed by atoms with Crippen molar-refractivity contribution in [2.24, 2.45) is 0 Å². The van der Waals surface area contributed by atoms with Crippen LogP contribution >= 0.6 is 0 Å². The van der Waals surface area contributed by atoms with E-state index in [1.165, 1.54) is 0 Å². The maximum absolute atomic E-state index is 9.95. The molecule has 0 bridgehead atoms. The Bertz CT molecular complexity index is 542. The van der Waals surface area contributed by atoms with Gasteiger partial charge >= 0.3 is 53.7 Å². The molecule has 0 fully saturated rings. The molecule has 0 aromatic rings. The van der Waals surface area contributed by atoms with E-state index in [0.717, 1.165) is 17.1 Å². The third-order valence-corrected chi connectivity index (χ3v) is 4.35. The SMILES string of the molecule is [CH2]=[Mo](=[C]=O)(=[C]=O)(=[C]=O)=[C]=O. The van der Waals surface area contributed by atoms with Gasteiger partial charge in [-0.15, -0.1) is 0 Å². The normalized spacial score (nSPS) is 7.60. The van der Waals surface area contributed by atoms with E-state index in [0.29, 0.717) is 0 Å². The minimum absolute atomic E-state index is 1.00. The Labute approximate surface area is 54.1 Å². The van der Waals surface area contributed by atoms with E-state index in [9.17, 15) is 19.2 Å². The molecule has 5 heteroatoms. The molecule has 0 saturated carbocycles. The predicted octanol–water partition coefficient (Wildman–Crippen LogP) is -1.62. The van der Waals surface area contributed by atoms with Crippen molar-refractivity contribution in [2.45, 2.75) is 0 Å². The van der Waals surface area contributed by atoms with E-state index in [4.69, 9.17) is 0 Å². The summed E-state index contributed by atoms with van der Waals surface area (Å²) in [6.45, 7) is 0. The first-order chi connectivity index (χ1) is 4.54. The van der Waals surface area contributed by atoms with Crippen LogP contribution < -0.4 is 0 Å². The van der Waals surface area contributed by atoms with Crippen LogP contribution in [-0.2, 0) is 31.7 Å². The molecule has 0 aliphatic carbocycles. The number of rotatable bonds is 0. The van der Waals surface area contributed by atoms with Gasteiger partial charge in [-0.05, 0) is 0 Å². The van der Waals surface area contributed by atoms with Crippen LogP contribution in [0.1, 0.15) is 0 Å². The summed E-state index contributed by atoms with van der Waals surface area (Å²) in [6, 6.07) is 0. The second kappa shape index (κ2) is 2.25. The average molecular weight is 222 g/mol. The Kier molecular flexibility index (Phi) is 2.00. The summed E-state index contributed by atoms with van der Waals surface area (Å²) in [7, 11) is 0. The molecule has 52 valence electrons. The van der Waals surface area contributed by atoms with Crippen molar-refractivity contribution in [3.8, 4) is 0 Å². The van der Waals surface area contributed by atoms with Crippen LogP contribution in [0.25, 0.3) is 0 Å². The van der Waals surface area contributed by atoms with Crippen molar-refractivity contribution < 1.29 is 31.7 Å². The van der Waals surface area contributed by atoms with Crippen molar-refractivity contribution in [3.63, 3.8) is 0 Å². The monoisotopic (exact) mass is 224 g/mol. The van der Waals surface area contributed by atoms with Crippen molar-refractivity contribution >= 4 is 22.0 Å². The summed E-state index contributed by atoms with van der Waals surface area (Å²) >= 11 is -5.30. The average Bonchev–Trinajstić information content (AvgIpc) is 2.04. The van der Waals surface area contributed by atoms with E-state index in [2.05, 4.69) is 4.90 Å². The number of hydrogen-bond donors (Lipinski definition) is 0. The van der Waals surface area contributed by atoms with Gasteiger partial charge in [0.1, 0.15) is 0 Å². The van der Waals surface area contributed by atoms with Crippen LogP contribution in [0.15, 0.2) is 0 Å². The van der Waals surface area contributed by atoms with Gasteiger partial charge in [-0.3, -0.25) is 0 Å². The Morgan fingerprint density at radius 1 is 0.800 bits per heavy atom. The van der Waals surface area contributed by atoms with Crippen molar-refractivity contribution in [3.05, 3.63) is 0 Å². The molecule has 0 aliphatic rings. The van der Waals surface area contributed by atoms with E-state index >= 15 is 0 Å². The summed E-state index contributed by atoms with van der Waals surface area (Å²) in [5.41, 5.74) is 0. The molecule has 0 atom stereocenters. The van der Waals surface area contributed by atoms with Crippen LogP contribution in [0.3, 0.4) is 0 Å². The van der Waals surface area contributed by atoms with Crippen molar-refractivity contribution in [1.82, 2.24) is 0 Å². The molecular formula is C5H2MoO4. The molecule has 0 radical (unpaired) electrons. The van der Waals surface area contributed by atoms with Gasteiger partial charge in [0.25, 0.3) is 0 Å². The molecule has 0 N–H and O–H groups in total. The fourth-order valence-corrected chi connectivity index (χ4v) is 0.604. The van der Waals surface area contributed by atoms with Gasteiger partial charge in [0, 0.05) is 0 Å². The molecule has 0 amide bonds. The molecule has 0 aliphatic heterocycles. The summed E-state index contributed by atoms with van der Waals surface area (Å²) in [4.78, 5) is 42.7. The number of carbonyl (C=O) groups excluding carboxylic acids is 4. The predicted molar refractivity (Wildman–Crippen MR) is 29.9 cm³/mol. The molecule has 0 unspecified atom stereocenters. The third kappa shape index (κ3) is 1.07. The van der Waals surface area contributed by atoms with Crippen LogP contribution in [0.2, 0.25) is 0 Å². The van der Waals surface area contributed by atoms with Crippen LogP contribution in [0.5, 0.6) is 0 Å². The van der Waals surface area contributed by atoms with Crippen LogP contribution in [0, 0.1) is 0 Å². The molecule has 0 aromatic heterocycles. The first-order valence-corrected chi connectivity index (χ1v) is 7.35. The molecule has 4 nitrogen and oxygen atoms in total. The summed E-state index contributed by atoms with van der Waals surface area (Å²) < 4.78 is 4.01. The first-order valence-electron chi connectivity index (χ1n) is 1.92. The van der Waals surface area contributed by atoms with Crippen LogP contribution in [0.4, 0.5) is 0 Å². The topological polar surface area (TPSA) is 68.3 Å². The van der Waals surface area contributed by atoms with Gasteiger partial charge in [0.05, 0.1) is 0 Å². The van der Waals surface area contributed by atoms with E-state index < -0.39 is 12.5 Å². The molecule has 0 rings (SSSR count). The first kappa shape index (κ1) is 8.88. The summed E-state index contributed by atoms with van der Waals surface area (Å²) in [5.74, 6) is 0. The second-order valence-electron chi connectivity index (χ2n) is 1.52. The Morgan fingerprint density at radius 2 is 1.00 bits per heavy atom. The molecule has 0 spiro atoms. The van der Waals surface area contributed by atoms with E-state index in [1.54, 1.807) is 0 Å². The molecular weight excluding hydrogens is 220 g/mol. The maximum atomic E-state index is 9.95. The summed E-state index contributed by atoms with van der Waals surface area (Å²) in [5, 5.41) is 0. The molecule has 0 saturated heterocycles. The fourth-order valence-electron chi connectivity index (χ4n) is 0.102. The molecule has 10 heavy (non-hydrogen) atoms. The molecule has 0 aromatic carbocycles. The Hall–Kier alpha value is -1.12. The van der Waals surface area contributed by atoms with Gasteiger partial charge in [-0.1, -0.05) is 0 Å².